The average Bonchev–Trinajstić information content (AvgIpc) is 2.57. The molecule has 0 N–H and O–H groups in total. The van der Waals surface area contributed by atoms with E-state index < -0.39 is 16.5 Å². The molecule has 1 nitrogen and oxygen atoms in total. The van der Waals surface area contributed by atoms with Crippen LogP contribution >= 0.6 is 0 Å². The fraction of sp³-hybridized carbons (Fsp3) is 0.667. The maximum Gasteiger partial charge on any atom is 1.00 e. The predicted octanol–water partition coefficient (Wildman–Crippen LogP) is 0.112. The molecule has 0 saturated heterocycles. The third-order valence-electron chi connectivity index (χ3n) is 5.78. The second-order valence-corrected chi connectivity index (χ2v) is 16.6. The summed E-state index contributed by atoms with van der Waals surface area (Å²) >= 11 is 0. The Balaban J connectivity index is 0. The van der Waals surface area contributed by atoms with Gasteiger partial charge < -0.3 is 22.4 Å². The summed E-state index contributed by atoms with van der Waals surface area (Å²) in [4.78, 5) is 0. The molecule has 0 saturated carbocycles. The monoisotopic (exact) mass is 397 g/mol. The summed E-state index contributed by atoms with van der Waals surface area (Å²) in [5.74, 6) is 0. The third kappa shape index (κ3) is 6.38. The molecule has 0 radical (unpaired) electrons. The fourth-order valence-electron chi connectivity index (χ4n) is 3.97. The van der Waals surface area contributed by atoms with Gasteiger partial charge in [-0.15, -0.1) is 0 Å². The topological polar surface area (TPSA) is 3.24 Å². The van der Waals surface area contributed by atoms with E-state index >= 15 is 0 Å². The minimum atomic E-state index is -1.43. The summed E-state index contributed by atoms with van der Waals surface area (Å²) in [6, 6.07) is 21.0. The second kappa shape index (κ2) is 13.8. The Bertz CT molecular complexity index is 370. The van der Waals surface area contributed by atoms with E-state index in [1.807, 2.05) is 6.07 Å². The molecule has 120 valence electrons. The van der Waals surface area contributed by atoms with Gasteiger partial charge in [-0.05, 0) is 36.3 Å². The van der Waals surface area contributed by atoms with Crippen molar-refractivity contribution in [3.05, 3.63) is 30.3 Å². The van der Waals surface area contributed by atoms with Gasteiger partial charge in [-0.1, -0.05) is 41.5 Å². The second-order valence-electron chi connectivity index (χ2n) is 6.10. The number of hydrogen-bond acceptors (Lipinski definition) is 1. The molecule has 0 unspecified atom stereocenters. The Morgan fingerprint density at radius 2 is 1.00 bits per heavy atom. The normalized spacial score (nSPS) is 11.4. The van der Waals surface area contributed by atoms with Crippen molar-refractivity contribution < 1.29 is 103 Å². The van der Waals surface area contributed by atoms with Crippen molar-refractivity contribution >= 4 is 22.2 Å². The molecular weight excluding hydrogens is 365 g/mol. The Labute approximate surface area is 232 Å². The largest absolute Gasteiger partial charge is 1.00 e. The first-order valence-electron chi connectivity index (χ1n) is 8.77. The van der Waals surface area contributed by atoms with Gasteiger partial charge in [0.25, 0.3) is 0 Å². The number of anilines is 1. The molecule has 5 heteroatoms. The summed E-state index contributed by atoms with van der Waals surface area (Å²) in [5, 5.41) is 0. The van der Waals surface area contributed by atoms with Crippen molar-refractivity contribution in [3.63, 3.8) is 0 Å². The molecule has 1 rings (SSSR count). The predicted molar refractivity (Wildman–Crippen MR) is 101 cm³/mol. The van der Waals surface area contributed by atoms with Crippen LogP contribution in [0.4, 0.5) is 5.69 Å². The summed E-state index contributed by atoms with van der Waals surface area (Å²) in [5.41, 5.74) is 1.41. The van der Waals surface area contributed by atoms with E-state index in [1.165, 1.54) is 42.0 Å². The summed E-state index contributed by atoms with van der Waals surface area (Å²) in [7, 11) is -2.86. The van der Waals surface area contributed by atoms with Crippen molar-refractivity contribution in [3.8, 4) is 0 Å². The molecule has 0 fully saturated rings. The van der Waals surface area contributed by atoms with Gasteiger partial charge in [0.15, 0.2) is 0 Å². The van der Waals surface area contributed by atoms with Crippen LogP contribution in [-0.2, 0) is 0 Å². The number of nitrogens with zero attached hydrogens (tertiary/aromatic N) is 1. The van der Waals surface area contributed by atoms with E-state index in [0.29, 0.717) is 0 Å². The molecule has 0 aromatic heterocycles. The number of benzene rings is 1. The first kappa shape index (κ1) is 27.9. The van der Waals surface area contributed by atoms with Crippen LogP contribution in [0.2, 0.25) is 36.3 Å². The van der Waals surface area contributed by atoms with Gasteiger partial charge in [0.2, 0.25) is 0 Å². The molecule has 0 bridgehead atoms. The zero-order valence-corrected chi connectivity index (χ0v) is 25.2. The molecule has 1 aromatic rings. The Hall–Kier alpha value is 2.73. The van der Waals surface area contributed by atoms with Crippen LogP contribution in [0.3, 0.4) is 0 Å². The van der Waals surface area contributed by atoms with Gasteiger partial charge in [-0.2, -0.15) is 0 Å². The summed E-state index contributed by atoms with van der Waals surface area (Å²) in [6.45, 7) is 14.5. The molecule has 0 aliphatic heterocycles. The van der Waals surface area contributed by atoms with E-state index in [4.69, 9.17) is 0 Å². The van der Waals surface area contributed by atoms with Crippen LogP contribution in [0, 0.1) is 12.1 Å². The zero-order chi connectivity index (χ0) is 15.9. The Morgan fingerprint density at radius 1 is 0.696 bits per heavy atom. The minimum absolute atomic E-state index is 0. The SMILES string of the molecule is CC[Si](CC)(CC)N(c1c[c-]c[c-]c1)[Si](CC)(CC)CC.[K+].[K+]. The van der Waals surface area contributed by atoms with Crippen molar-refractivity contribution in [1.29, 1.82) is 0 Å². The van der Waals surface area contributed by atoms with Crippen LogP contribution in [0.5, 0.6) is 0 Å². The molecule has 0 amide bonds. The van der Waals surface area contributed by atoms with E-state index in [0.717, 1.165) is 0 Å². The molecule has 0 spiro atoms. The van der Waals surface area contributed by atoms with Crippen LogP contribution < -0.4 is 107 Å². The zero-order valence-electron chi connectivity index (χ0n) is 16.9. The van der Waals surface area contributed by atoms with E-state index in [1.54, 1.807) is 0 Å². The van der Waals surface area contributed by atoms with Gasteiger partial charge in [-0.3, -0.25) is 12.1 Å². The molecular formula is C18H33K2NSi2. The van der Waals surface area contributed by atoms with Gasteiger partial charge in [0.05, 0.1) is 0 Å². The first-order valence-corrected chi connectivity index (χ1v) is 13.9. The molecule has 0 heterocycles. The standard InChI is InChI=1S/C18H33NSi2.2K/c1-7-20(8-2,9-3)19(18-16-14-13-15-17-18)21(10-4,11-5)12-6;;/h13,16-17H,7-12H2,1-6H3;;/q-2;2*+1. The molecule has 0 aliphatic rings. The van der Waals surface area contributed by atoms with E-state index in [-0.39, 0.29) is 103 Å². The van der Waals surface area contributed by atoms with E-state index in [2.05, 4.69) is 70.0 Å². The minimum Gasteiger partial charge on any atom is -0.532 e. The maximum absolute atomic E-state index is 3.28. The number of rotatable bonds is 9. The Kier molecular flexibility index (Phi) is 16.8. The fourth-order valence-corrected chi connectivity index (χ4v) is 17.1. The van der Waals surface area contributed by atoms with Gasteiger partial charge in [-0.25, -0.2) is 5.69 Å². The van der Waals surface area contributed by atoms with Crippen LogP contribution in [0.1, 0.15) is 41.5 Å². The Morgan fingerprint density at radius 3 is 1.26 bits per heavy atom. The van der Waals surface area contributed by atoms with Gasteiger partial charge >= 0.3 is 103 Å². The van der Waals surface area contributed by atoms with Crippen molar-refractivity contribution in [1.82, 2.24) is 0 Å². The van der Waals surface area contributed by atoms with Gasteiger partial charge in [0.1, 0.15) is 16.5 Å². The van der Waals surface area contributed by atoms with Gasteiger partial charge in [0, 0.05) is 0 Å². The summed E-state index contributed by atoms with van der Waals surface area (Å²) < 4.78 is 3.01. The van der Waals surface area contributed by atoms with Crippen molar-refractivity contribution in [2.45, 2.75) is 77.8 Å². The quantitative estimate of drug-likeness (QED) is 0.422. The summed E-state index contributed by atoms with van der Waals surface area (Å²) in [6.07, 6.45) is 0. The first-order chi connectivity index (χ1) is 10.1. The van der Waals surface area contributed by atoms with Crippen LogP contribution in [0.25, 0.3) is 0 Å². The molecule has 23 heavy (non-hydrogen) atoms. The van der Waals surface area contributed by atoms with E-state index in [9.17, 15) is 0 Å². The third-order valence-corrected chi connectivity index (χ3v) is 18.9. The molecule has 0 atom stereocenters. The van der Waals surface area contributed by atoms with Crippen LogP contribution in [0.15, 0.2) is 18.2 Å². The molecule has 0 aliphatic carbocycles. The molecule has 1 aromatic carbocycles. The maximum atomic E-state index is 3.28. The van der Waals surface area contributed by atoms with Crippen LogP contribution in [-0.4, -0.2) is 16.5 Å². The average molecular weight is 398 g/mol. The van der Waals surface area contributed by atoms with Crippen molar-refractivity contribution in [2.75, 3.05) is 4.23 Å². The smallest absolute Gasteiger partial charge is 0.532 e. The number of hydrogen-bond donors (Lipinski definition) is 0. The van der Waals surface area contributed by atoms with Crippen molar-refractivity contribution in [2.24, 2.45) is 0 Å².